The van der Waals surface area contributed by atoms with Gasteiger partial charge in [-0.05, 0) is 83.0 Å². The Kier molecular flexibility index (Phi) is 5.76. The van der Waals surface area contributed by atoms with E-state index in [9.17, 15) is 4.79 Å². The minimum atomic E-state index is -0.267. The lowest BCUT2D eigenvalue weighted by atomic mass is 9.82. The fourth-order valence-corrected chi connectivity index (χ4v) is 4.98. The van der Waals surface area contributed by atoms with Crippen molar-refractivity contribution in [2.24, 2.45) is 0 Å². The molecule has 0 radical (unpaired) electrons. The van der Waals surface area contributed by atoms with Gasteiger partial charge in [-0.25, -0.2) is 4.79 Å². The van der Waals surface area contributed by atoms with Crippen molar-refractivity contribution in [3.8, 4) is 0 Å². The van der Waals surface area contributed by atoms with Gasteiger partial charge in [-0.2, -0.15) is 0 Å². The Balaban J connectivity index is 1.99. The lowest BCUT2D eigenvalue weighted by Gasteiger charge is -2.22. The minimum absolute atomic E-state index is 0.196. The van der Waals surface area contributed by atoms with Gasteiger partial charge in [-0.15, -0.1) is 0 Å². The molecule has 0 atom stereocenters. The van der Waals surface area contributed by atoms with Crippen LogP contribution in [-0.4, -0.2) is 12.6 Å². The molecule has 0 aliphatic heterocycles. The Labute approximate surface area is 176 Å². The standard InChI is InChI=1S/C27H34O2/c1-8-20-15-23-24(27(6,7)17-26(23,4)5)16-22(20)18(3)14-19-10-12-21(13-11-19)25(28)29-9-2/h10-16H,8-9,17H2,1-7H3. The zero-order valence-electron chi connectivity index (χ0n) is 19.0. The molecule has 29 heavy (non-hydrogen) atoms. The van der Waals surface area contributed by atoms with Crippen molar-refractivity contribution >= 4 is 17.6 Å². The summed E-state index contributed by atoms with van der Waals surface area (Å²) in [5, 5.41) is 0. The number of hydrogen-bond acceptors (Lipinski definition) is 2. The highest BCUT2D eigenvalue weighted by Crippen LogP contribution is 2.50. The van der Waals surface area contributed by atoms with Crippen LogP contribution in [0.25, 0.3) is 11.6 Å². The Morgan fingerprint density at radius 2 is 1.59 bits per heavy atom. The van der Waals surface area contributed by atoms with Crippen LogP contribution in [-0.2, 0) is 22.0 Å². The van der Waals surface area contributed by atoms with Crippen LogP contribution in [0, 0.1) is 0 Å². The van der Waals surface area contributed by atoms with Crippen molar-refractivity contribution in [1.29, 1.82) is 0 Å². The SMILES string of the molecule is CCOC(=O)c1ccc(C=C(C)c2cc3c(cc2CC)C(C)(C)CC3(C)C)cc1. The van der Waals surface area contributed by atoms with Crippen LogP contribution in [0.4, 0.5) is 0 Å². The number of esters is 1. The molecule has 0 saturated carbocycles. The van der Waals surface area contributed by atoms with E-state index >= 15 is 0 Å². The predicted octanol–water partition coefficient (Wildman–Crippen LogP) is 6.95. The molecular formula is C27H34O2. The van der Waals surface area contributed by atoms with Crippen LogP contribution in [0.2, 0.25) is 0 Å². The summed E-state index contributed by atoms with van der Waals surface area (Å²) in [6.45, 7) is 16.1. The first-order valence-electron chi connectivity index (χ1n) is 10.7. The molecule has 0 amide bonds. The molecule has 0 spiro atoms. The van der Waals surface area contributed by atoms with E-state index in [1.807, 2.05) is 31.2 Å². The van der Waals surface area contributed by atoms with Crippen molar-refractivity contribution in [2.45, 2.75) is 72.1 Å². The van der Waals surface area contributed by atoms with Crippen LogP contribution in [0.15, 0.2) is 36.4 Å². The van der Waals surface area contributed by atoms with Gasteiger partial charge in [0, 0.05) is 0 Å². The highest BCUT2D eigenvalue weighted by atomic mass is 16.5. The molecule has 0 heterocycles. The van der Waals surface area contributed by atoms with E-state index in [1.165, 1.54) is 34.2 Å². The third-order valence-corrected chi connectivity index (χ3v) is 6.20. The fourth-order valence-electron chi connectivity index (χ4n) is 4.98. The molecule has 2 aromatic carbocycles. The third-order valence-electron chi connectivity index (χ3n) is 6.20. The molecule has 2 nitrogen and oxygen atoms in total. The van der Waals surface area contributed by atoms with Gasteiger partial charge in [0.15, 0.2) is 0 Å². The van der Waals surface area contributed by atoms with E-state index in [2.05, 4.69) is 59.8 Å². The Hall–Kier alpha value is -2.35. The Morgan fingerprint density at radius 3 is 2.14 bits per heavy atom. The van der Waals surface area contributed by atoms with Gasteiger partial charge in [0.2, 0.25) is 0 Å². The molecule has 1 aliphatic rings. The lowest BCUT2D eigenvalue weighted by Crippen LogP contribution is -2.18. The number of fused-ring (bicyclic) bond motifs is 1. The summed E-state index contributed by atoms with van der Waals surface area (Å²) in [5.74, 6) is -0.267. The maximum absolute atomic E-state index is 11.9. The van der Waals surface area contributed by atoms with E-state index in [0.717, 1.165) is 12.0 Å². The molecule has 0 aromatic heterocycles. The van der Waals surface area contributed by atoms with Gasteiger partial charge < -0.3 is 4.74 Å². The van der Waals surface area contributed by atoms with Crippen LogP contribution in [0.3, 0.4) is 0 Å². The number of carbonyl (C=O) groups is 1. The first-order chi connectivity index (χ1) is 13.6. The highest BCUT2D eigenvalue weighted by molar-refractivity contribution is 5.90. The monoisotopic (exact) mass is 390 g/mol. The van der Waals surface area contributed by atoms with Crippen LogP contribution in [0.1, 0.15) is 93.1 Å². The van der Waals surface area contributed by atoms with E-state index in [0.29, 0.717) is 12.2 Å². The van der Waals surface area contributed by atoms with Crippen molar-refractivity contribution in [3.63, 3.8) is 0 Å². The maximum atomic E-state index is 11.9. The Morgan fingerprint density at radius 1 is 1.00 bits per heavy atom. The van der Waals surface area contributed by atoms with Crippen molar-refractivity contribution < 1.29 is 9.53 Å². The molecule has 1 aliphatic carbocycles. The second-order valence-electron chi connectivity index (χ2n) is 9.52. The number of carbonyl (C=O) groups excluding carboxylic acids is 1. The number of benzene rings is 2. The topological polar surface area (TPSA) is 26.3 Å². The van der Waals surface area contributed by atoms with Crippen LogP contribution < -0.4 is 0 Å². The molecule has 2 heteroatoms. The van der Waals surface area contributed by atoms with Gasteiger partial charge >= 0.3 is 5.97 Å². The van der Waals surface area contributed by atoms with E-state index in [4.69, 9.17) is 4.74 Å². The van der Waals surface area contributed by atoms with Gasteiger partial charge in [0.1, 0.15) is 0 Å². The molecule has 0 bridgehead atoms. The van der Waals surface area contributed by atoms with Gasteiger partial charge in [0.05, 0.1) is 12.2 Å². The Bertz CT molecular complexity index is 943. The number of ether oxygens (including phenoxy) is 1. The predicted molar refractivity (Wildman–Crippen MR) is 122 cm³/mol. The maximum Gasteiger partial charge on any atom is 0.338 e. The second kappa shape index (κ2) is 7.82. The summed E-state index contributed by atoms with van der Waals surface area (Å²) in [7, 11) is 0. The summed E-state index contributed by atoms with van der Waals surface area (Å²) in [6, 6.07) is 12.5. The molecule has 3 rings (SSSR count). The van der Waals surface area contributed by atoms with E-state index < -0.39 is 0 Å². The highest BCUT2D eigenvalue weighted by Gasteiger charge is 2.42. The molecule has 0 N–H and O–H groups in total. The summed E-state index contributed by atoms with van der Waals surface area (Å²) < 4.78 is 5.07. The zero-order valence-corrected chi connectivity index (χ0v) is 19.0. The first-order valence-corrected chi connectivity index (χ1v) is 10.7. The van der Waals surface area contributed by atoms with E-state index in [-0.39, 0.29) is 16.8 Å². The van der Waals surface area contributed by atoms with E-state index in [1.54, 1.807) is 0 Å². The second-order valence-corrected chi connectivity index (χ2v) is 9.52. The van der Waals surface area contributed by atoms with Crippen LogP contribution in [0.5, 0.6) is 0 Å². The molecule has 2 aromatic rings. The molecule has 0 fully saturated rings. The fraction of sp³-hybridized carbons (Fsp3) is 0.444. The molecule has 0 saturated heterocycles. The van der Waals surface area contributed by atoms with Crippen LogP contribution >= 0.6 is 0 Å². The third kappa shape index (κ3) is 4.17. The minimum Gasteiger partial charge on any atom is -0.462 e. The van der Waals surface area contributed by atoms with Gasteiger partial charge in [0.25, 0.3) is 0 Å². The summed E-state index contributed by atoms with van der Waals surface area (Å²) in [5.41, 5.74) is 9.11. The quantitative estimate of drug-likeness (QED) is 0.408. The molecule has 154 valence electrons. The number of rotatable bonds is 5. The van der Waals surface area contributed by atoms with Gasteiger partial charge in [-0.3, -0.25) is 0 Å². The largest absolute Gasteiger partial charge is 0.462 e. The molecular weight excluding hydrogens is 356 g/mol. The number of aryl methyl sites for hydroxylation is 1. The summed E-state index contributed by atoms with van der Waals surface area (Å²) in [6.07, 6.45) is 4.41. The smallest absolute Gasteiger partial charge is 0.338 e. The average Bonchev–Trinajstić information content (AvgIpc) is 2.85. The normalized spacial score (nSPS) is 17.1. The van der Waals surface area contributed by atoms with Crippen molar-refractivity contribution in [2.75, 3.05) is 6.61 Å². The molecule has 0 unspecified atom stereocenters. The summed E-state index contributed by atoms with van der Waals surface area (Å²) in [4.78, 5) is 11.9. The summed E-state index contributed by atoms with van der Waals surface area (Å²) >= 11 is 0. The van der Waals surface area contributed by atoms with Gasteiger partial charge in [-0.1, -0.05) is 65.0 Å². The average molecular weight is 391 g/mol. The number of allylic oxidation sites excluding steroid dienone is 1. The zero-order chi connectivity index (χ0) is 21.4. The lowest BCUT2D eigenvalue weighted by molar-refractivity contribution is 0.0526. The van der Waals surface area contributed by atoms with Crippen molar-refractivity contribution in [1.82, 2.24) is 0 Å². The van der Waals surface area contributed by atoms with Crippen molar-refractivity contribution in [3.05, 3.63) is 69.8 Å². The first kappa shape index (κ1) is 21.4. The number of hydrogen-bond donors (Lipinski definition) is 0.